The first-order chi connectivity index (χ1) is 6.79. The minimum atomic E-state index is 0.511. The second kappa shape index (κ2) is 7.29. The second-order valence-electron chi connectivity index (χ2n) is 3.36. The molecule has 4 heteroatoms. The van der Waals surface area contributed by atoms with Crippen LogP contribution in [0.2, 0.25) is 0 Å². The van der Waals surface area contributed by atoms with Crippen molar-refractivity contribution >= 4 is 23.1 Å². The first kappa shape index (κ1) is 12.0. The first-order valence-electron chi connectivity index (χ1n) is 4.87. The van der Waals surface area contributed by atoms with Crippen molar-refractivity contribution < 1.29 is 0 Å². The van der Waals surface area contributed by atoms with Gasteiger partial charge in [0.15, 0.2) is 0 Å². The molecule has 0 saturated heterocycles. The lowest BCUT2D eigenvalue weighted by Gasteiger charge is -2.08. The molecule has 80 valence electrons. The van der Waals surface area contributed by atoms with E-state index in [1.54, 1.807) is 0 Å². The molecule has 0 radical (unpaired) electrons. The predicted octanol–water partition coefficient (Wildman–Crippen LogP) is 2.48. The molecule has 1 aromatic rings. The molecule has 0 unspecified atom stereocenters. The lowest BCUT2D eigenvalue weighted by Crippen LogP contribution is -2.38. The molecule has 1 heterocycles. The van der Waals surface area contributed by atoms with Gasteiger partial charge < -0.3 is 0 Å². The Hall–Kier alpha value is -0.0300. The van der Waals surface area contributed by atoms with Gasteiger partial charge in [0.05, 0.1) is 0 Å². The Balaban J connectivity index is 1.90. The maximum atomic E-state index is 3.20. The van der Waals surface area contributed by atoms with Gasteiger partial charge in [-0.3, -0.25) is 10.9 Å². The van der Waals surface area contributed by atoms with Crippen molar-refractivity contribution in [3.05, 3.63) is 22.4 Å². The van der Waals surface area contributed by atoms with Crippen LogP contribution in [0.4, 0.5) is 0 Å². The zero-order valence-electron chi connectivity index (χ0n) is 8.75. The van der Waals surface area contributed by atoms with Crippen molar-refractivity contribution in [1.29, 1.82) is 0 Å². The fourth-order valence-electron chi connectivity index (χ4n) is 0.967. The quantitative estimate of drug-likeness (QED) is 0.556. The van der Waals surface area contributed by atoms with Crippen LogP contribution >= 0.6 is 23.1 Å². The molecule has 0 bridgehead atoms. The largest absolute Gasteiger partial charge is 0.257 e. The molecule has 0 aliphatic rings. The Bertz CT molecular complexity index is 222. The van der Waals surface area contributed by atoms with Crippen molar-refractivity contribution in [2.24, 2.45) is 0 Å². The van der Waals surface area contributed by atoms with Gasteiger partial charge in [-0.2, -0.15) is 11.8 Å². The van der Waals surface area contributed by atoms with E-state index in [-0.39, 0.29) is 0 Å². The Morgan fingerprint density at radius 3 is 3.00 bits per heavy atom. The molecule has 0 fully saturated rings. The normalized spacial score (nSPS) is 11.1. The van der Waals surface area contributed by atoms with Crippen molar-refractivity contribution in [1.82, 2.24) is 10.9 Å². The topological polar surface area (TPSA) is 24.1 Å². The molecular weight excluding hydrogens is 212 g/mol. The number of hydrazine groups is 1. The van der Waals surface area contributed by atoms with Gasteiger partial charge in [0.1, 0.15) is 0 Å². The third-order valence-electron chi connectivity index (χ3n) is 1.59. The fourth-order valence-corrected chi connectivity index (χ4v) is 2.67. The molecule has 1 rings (SSSR count). The minimum Gasteiger partial charge on any atom is -0.257 e. The molecule has 0 atom stereocenters. The summed E-state index contributed by atoms with van der Waals surface area (Å²) in [4.78, 5) is 1.46. The van der Waals surface area contributed by atoms with Gasteiger partial charge in [0.2, 0.25) is 0 Å². The van der Waals surface area contributed by atoms with Gasteiger partial charge in [-0.05, 0) is 25.3 Å². The molecular formula is C10H18N2S2. The van der Waals surface area contributed by atoms with Crippen molar-refractivity contribution in [2.45, 2.75) is 25.6 Å². The average Bonchev–Trinajstić information content (AvgIpc) is 2.63. The molecule has 1 aromatic heterocycles. The highest BCUT2D eigenvalue weighted by Crippen LogP contribution is 2.16. The molecule has 2 nitrogen and oxygen atoms in total. The smallest absolute Gasteiger partial charge is 0.0279 e. The standard InChI is InChI=1S/C10H18N2S2/c1-9(2)12-11-5-7-13-8-10-4-3-6-14-10/h3-4,6,9,11-12H,5,7-8H2,1-2H3. The van der Waals surface area contributed by atoms with Crippen LogP contribution in [0.15, 0.2) is 17.5 Å². The lowest BCUT2D eigenvalue weighted by atomic mass is 10.4. The highest BCUT2D eigenvalue weighted by Gasteiger charge is 1.94. The SMILES string of the molecule is CC(C)NNCCSCc1cccs1. The Labute approximate surface area is 94.5 Å². The zero-order valence-corrected chi connectivity index (χ0v) is 10.4. The zero-order chi connectivity index (χ0) is 10.2. The predicted molar refractivity (Wildman–Crippen MR) is 66.8 cm³/mol. The number of thioether (sulfide) groups is 1. The van der Waals surface area contributed by atoms with Gasteiger partial charge in [-0.1, -0.05) is 6.07 Å². The third-order valence-corrected chi connectivity index (χ3v) is 3.65. The summed E-state index contributed by atoms with van der Waals surface area (Å²) in [6, 6.07) is 4.81. The van der Waals surface area contributed by atoms with Gasteiger partial charge >= 0.3 is 0 Å². The highest BCUT2D eigenvalue weighted by molar-refractivity contribution is 7.98. The van der Waals surface area contributed by atoms with E-state index in [1.165, 1.54) is 4.88 Å². The summed E-state index contributed by atoms with van der Waals surface area (Å²) in [6.07, 6.45) is 0. The summed E-state index contributed by atoms with van der Waals surface area (Å²) in [5.41, 5.74) is 6.38. The number of hydrogen-bond donors (Lipinski definition) is 2. The van der Waals surface area contributed by atoms with Gasteiger partial charge in [0, 0.05) is 29.0 Å². The summed E-state index contributed by atoms with van der Waals surface area (Å²) in [5.74, 6) is 2.29. The molecule has 0 aliphatic carbocycles. The van der Waals surface area contributed by atoms with Gasteiger partial charge in [-0.15, -0.1) is 11.3 Å². The van der Waals surface area contributed by atoms with Crippen LogP contribution in [-0.2, 0) is 5.75 Å². The molecule has 0 amide bonds. The van der Waals surface area contributed by atoms with E-state index in [0.717, 1.165) is 18.1 Å². The number of thiophene rings is 1. The van der Waals surface area contributed by atoms with E-state index < -0.39 is 0 Å². The number of hydrogen-bond acceptors (Lipinski definition) is 4. The number of nitrogens with one attached hydrogen (secondary N) is 2. The molecule has 14 heavy (non-hydrogen) atoms. The minimum absolute atomic E-state index is 0.511. The molecule has 0 aliphatic heterocycles. The molecule has 0 spiro atoms. The second-order valence-corrected chi connectivity index (χ2v) is 5.50. The molecule has 0 aromatic carbocycles. The maximum absolute atomic E-state index is 3.20. The van der Waals surface area contributed by atoms with Crippen LogP contribution in [-0.4, -0.2) is 18.3 Å². The highest BCUT2D eigenvalue weighted by atomic mass is 32.2. The first-order valence-corrected chi connectivity index (χ1v) is 6.91. The molecule has 0 saturated carbocycles. The van der Waals surface area contributed by atoms with E-state index in [4.69, 9.17) is 0 Å². The van der Waals surface area contributed by atoms with Crippen LogP contribution < -0.4 is 10.9 Å². The van der Waals surface area contributed by atoms with E-state index in [9.17, 15) is 0 Å². The summed E-state index contributed by atoms with van der Waals surface area (Å²) >= 11 is 3.81. The summed E-state index contributed by atoms with van der Waals surface area (Å²) < 4.78 is 0. The van der Waals surface area contributed by atoms with Crippen molar-refractivity contribution in [3.63, 3.8) is 0 Å². The van der Waals surface area contributed by atoms with Crippen LogP contribution in [0.5, 0.6) is 0 Å². The van der Waals surface area contributed by atoms with Crippen molar-refractivity contribution in [2.75, 3.05) is 12.3 Å². The van der Waals surface area contributed by atoms with E-state index >= 15 is 0 Å². The van der Waals surface area contributed by atoms with E-state index in [1.807, 2.05) is 23.1 Å². The van der Waals surface area contributed by atoms with E-state index in [2.05, 4.69) is 42.2 Å². The fraction of sp³-hybridized carbons (Fsp3) is 0.600. The lowest BCUT2D eigenvalue weighted by molar-refractivity contribution is 0.488. The third kappa shape index (κ3) is 5.65. The Morgan fingerprint density at radius 2 is 2.36 bits per heavy atom. The van der Waals surface area contributed by atoms with Gasteiger partial charge in [0.25, 0.3) is 0 Å². The van der Waals surface area contributed by atoms with Crippen LogP contribution in [0.25, 0.3) is 0 Å². The molecule has 2 N–H and O–H groups in total. The van der Waals surface area contributed by atoms with Crippen molar-refractivity contribution in [3.8, 4) is 0 Å². The van der Waals surface area contributed by atoms with Gasteiger partial charge in [-0.25, -0.2) is 0 Å². The Kier molecular flexibility index (Phi) is 6.27. The maximum Gasteiger partial charge on any atom is 0.0279 e. The number of rotatable bonds is 7. The summed E-state index contributed by atoms with van der Waals surface area (Å²) in [6.45, 7) is 5.28. The summed E-state index contributed by atoms with van der Waals surface area (Å²) in [5, 5.41) is 2.13. The summed E-state index contributed by atoms with van der Waals surface area (Å²) in [7, 11) is 0. The van der Waals surface area contributed by atoms with Crippen LogP contribution in [0, 0.1) is 0 Å². The van der Waals surface area contributed by atoms with Crippen LogP contribution in [0.1, 0.15) is 18.7 Å². The average molecular weight is 230 g/mol. The Morgan fingerprint density at radius 1 is 1.50 bits per heavy atom. The van der Waals surface area contributed by atoms with Crippen LogP contribution in [0.3, 0.4) is 0 Å². The van der Waals surface area contributed by atoms with E-state index in [0.29, 0.717) is 6.04 Å². The monoisotopic (exact) mass is 230 g/mol.